The summed E-state index contributed by atoms with van der Waals surface area (Å²) in [6, 6.07) is 15.7. The number of aromatic amines is 1. The van der Waals surface area contributed by atoms with Gasteiger partial charge in [0.1, 0.15) is 5.69 Å². The first-order valence-electron chi connectivity index (χ1n) is 13.5. The average molecular weight is 513 g/mol. The highest BCUT2D eigenvalue weighted by Gasteiger charge is 2.29. The zero-order valence-electron chi connectivity index (χ0n) is 22.1. The molecule has 4 aromatic rings. The van der Waals surface area contributed by atoms with Crippen molar-refractivity contribution in [3.8, 4) is 16.9 Å². The Morgan fingerprint density at radius 3 is 2.53 bits per heavy atom. The Hall–Kier alpha value is -3.87. The Balaban J connectivity index is 1.28. The molecule has 2 aromatic carbocycles. The molecule has 2 fully saturated rings. The topological polar surface area (TPSA) is 61.5 Å². The van der Waals surface area contributed by atoms with Crippen LogP contribution in [0.2, 0.25) is 0 Å². The maximum Gasteiger partial charge on any atom is 0.270 e. The number of pyridine rings is 1. The SMILES string of the molecule is Cc1ccccc1-c1cc(C(C)C)c(F)c2[nH]c(C(=O)N3CCN(c4ncccc4OC4CC4)CC3)cc12. The molecule has 6 rings (SSSR count). The normalized spacial score (nSPS) is 15.9. The van der Waals surface area contributed by atoms with E-state index in [-0.39, 0.29) is 17.6 Å². The summed E-state index contributed by atoms with van der Waals surface area (Å²) in [5.74, 6) is 1.26. The van der Waals surface area contributed by atoms with Gasteiger partial charge in [-0.1, -0.05) is 38.1 Å². The fraction of sp³-hybridized carbons (Fsp3) is 0.355. The molecule has 2 aromatic heterocycles. The van der Waals surface area contributed by atoms with E-state index in [2.05, 4.69) is 33.9 Å². The maximum atomic E-state index is 15.6. The van der Waals surface area contributed by atoms with E-state index >= 15 is 4.39 Å². The molecule has 0 bridgehead atoms. The number of piperazine rings is 1. The summed E-state index contributed by atoms with van der Waals surface area (Å²) < 4.78 is 21.7. The van der Waals surface area contributed by atoms with Crippen LogP contribution in [-0.2, 0) is 0 Å². The van der Waals surface area contributed by atoms with Gasteiger partial charge in [-0.3, -0.25) is 4.79 Å². The summed E-state index contributed by atoms with van der Waals surface area (Å²) in [4.78, 5) is 25.3. The number of aromatic nitrogens is 2. The highest BCUT2D eigenvalue weighted by Crippen LogP contribution is 2.37. The van der Waals surface area contributed by atoms with Gasteiger partial charge in [-0.25, -0.2) is 9.37 Å². The molecule has 196 valence electrons. The zero-order chi connectivity index (χ0) is 26.4. The van der Waals surface area contributed by atoms with Crippen LogP contribution in [0.3, 0.4) is 0 Å². The summed E-state index contributed by atoms with van der Waals surface area (Å²) >= 11 is 0. The van der Waals surface area contributed by atoms with Crippen LogP contribution in [-0.4, -0.2) is 53.1 Å². The minimum atomic E-state index is -0.283. The number of hydrogen-bond donors (Lipinski definition) is 1. The third-order valence-electron chi connectivity index (χ3n) is 7.60. The van der Waals surface area contributed by atoms with E-state index < -0.39 is 0 Å². The number of halogens is 1. The fourth-order valence-electron chi connectivity index (χ4n) is 5.28. The second-order valence-electron chi connectivity index (χ2n) is 10.7. The van der Waals surface area contributed by atoms with Crippen molar-refractivity contribution >= 4 is 22.6 Å². The lowest BCUT2D eigenvalue weighted by Crippen LogP contribution is -2.49. The lowest BCUT2D eigenvalue weighted by molar-refractivity contribution is 0.0741. The third kappa shape index (κ3) is 4.51. The van der Waals surface area contributed by atoms with Gasteiger partial charge in [0.05, 0.1) is 11.6 Å². The van der Waals surface area contributed by atoms with Gasteiger partial charge in [0.2, 0.25) is 0 Å². The predicted octanol–water partition coefficient (Wildman–Crippen LogP) is 6.30. The lowest BCUT2D eigenvalue weighted by atomic mass is 9.92. The summed E-state index contributed by atoms with van der Waals surface area (Å²) in [6.45, 7) is 8.46. The van der Waals surface area contributed by atoms with Gasteiger partial charge in [-0.05, 0) is 72.2 Å². The number of carbonyl (C=O) groups is 1. The molecule has 1 aliphatic carbocycles. The highest BCUT2D eigenvalue weighted by molar-refractivity contribution is 6.04. The quantitative estimate of drug-likeness (QED) is 0.329. The highest BCUT2D eigenvalue weighted by atomic mass is 19.1. The van der Waals surface area contributed by atoms with Crippen molar-refractivity contribution in [3.05, 3.63) is 77.4 Å². The molecule has 1 N–H and O–H groups in total. The number of amides is 1. The monoisotopic (exact) mass is 512 g/mol. The van der Waals surface area contributed by atoms with Crippen LogP contribution in [0, 0.1) is 12.7 Å². The first-order chi connectivity index (χ1) is 18.4. The minimum absolute atomic E-state index is 0.0121. The van der Waals surface area contributed by atoms with Gasteiger partial charge in [-0.2, -0.15) is 0 Å². The van der Waals surface area contributed by atoms with E-state index in [1.165, 1.54) is 0 Å². The Kier molecular flexibility index (Phi) is 6.30. The summed E-state index contributed by atoms with van der Waals surface area (Å²) in [6.07, 6.45) is 4.25. The number of ether oxygens (including phenoxy) is 1. The molecule has 38 heavy (non-hydrogen) atoms. The third-order valence-corrected chi connectivity index (χ3v) is 7.60. The lowest BCUT2D eigenvalue weighted by Gasteiger charge is -2.35. The van der Waals surface area contributed by atoms with Crippen LogP contribution >= 0.6 is 0 Å². The van der Waals surface area contributed by atoms with Gasteiger partial charge in [0.15, 0.2) is 17.4 Å². The second kappa shape index (κ2) is 9.78. The van der Waals surface area contributed by atoms with E-state index in [9.17, 15) is 4.79 Å². The number of fused-ring (bicyclic) bond motifs is 1. The molecule has 7 heteroatoms. The number of rotatable bonds is 6. The van der Waals surface area contributed by atoms with E-state index in [1.807, 2.05) is 55.1 Å². The number of anilines is 1. The number of carbonyl (C=O) groups excluding carboxylic acids is 1. The number of aryl methyl sites for hydroxylation is 1. The first-order valence-corrected chi connectivity index (χ1v) is 13.5. The summed E-state index contributed by atoms with van der Waals surface area (Å²) in [7, 11) is 0. The minimum Gasteiger partial charge on any atom is -0.487 e. The van der Waals surface area contributed by atoms with Crippen LogP contribution < -0.4 is 9.64 Å². The van der Waals surface area contributed by atoms with Gasteiger partial charge in [-0.15, -0.1) is 0 Å². The Morgan fingerprint density at radius 2 is 1.82 bits per heavy atom. The van der Waals surface area contributed by atoms with E-state index in [4.69, 9.17) is 4.74 Å². The van der Waals surface area contributed by atoms with Crippen molar-refractivity contribution in [1.82, 2.24) is 14.9 Å². The van der Waals surface area contributed by atoms with Gasteiger partial charge < -0.3 is 19.5 Å². The molecule has 1 amide bonds. The number of nitrogens with zero attached hydrogens (tertiary/aromatic N) is 3. The molecule has 6 nitrogen and oxygen atoms in total. The number of nitrogens with one attached hydrogen (secondary N) is 1. The molecule has 1 aliphatic heterocycles. The van der Waals surface area contributed by atoms with Crippen molar-refractivity contribution in [2.24, 2.45) is 0 Å². The van der Waals surface area contributed by atoms with Crippen LogP contribution in [0.25, 0.3) is 22.0 Å². The smallest absolute Gasteiger partial charge is 0.270 e. The molecular weight excluding hydrogens is 479 g/mol. The van der Waals surface area contributed by atoms with Crippen molar-refractivity contribution in [1.29, 1.82) is 0 Å². The molecule has 0 radical (unpaired) electrons. The second-order valence-corrected chi connectivity index (χ2v) is 10.7. The van der Waals surface area contributed by atoms with Gasteiger partial charge in [0, 0.05) is 37.8 Å². The Bertz CT molecular complexity index is 1500. The molecule has 2 aliphatic rings. The predicted molar refractivity (Wildman–Crippen MR) is 149 cm³/mol. The van der Waals surface area contributed by atoms with Crippen LogP contribution in [0.1, 0.15) is 54.2 Å². The summed E-state index contributed by atoms with van der Waals surface area (Å²) in [5.41, 5.74) is 4.56. The standard InChI is InChI=1S/C31H33FN4O2/c1-19(2)23-17-24(22-8-5-4-7-20(22)3)25-18-26(34-29(25)28(23)32)31(37)36-15-13-35(14-16-36)30-27(9-6-12-33-30)38-21-10-11-21/h4-9,12,17-19,21,34H,10-11,13-16H2,1-3H3. The number of benzene rings is 2. The van der Waals surface area contributed by atoms with E-state index in [0.717, 1.165) is 46.5 Å². The average Bonchev–Trinajstić information content (AvgIpc) is 3.63. The van der Waals surface area contributed by atoms with Crippen molar-refractivity contribution < 1.29 is 13.9 Å². The molecular formula is C31H33FN4O2. The fourth-order valence-corrected chi connectivity index (χ4v) is 5.28. The molecule has 1 saturated carbocycles. The Morgan fingerprint density at radius 1 is 1.05 bits per heavy atom. The summed E-state index contributed by atoms with van der Waals surface area (Å²) in [5, 5.41) is 0.735. The number of hydrogen-bond acceptors (Lipinski definition) is 4. The van der Waals surface area contributed by atoms with Crippen molar-refractivity contribution in [2.75, 3.05) is 31.1 Å². The Labute approximate surface area is 222 Å². The molecule has 0 atom stereocenters. The molecule has 0 unspecified atom stereocenters. The van der Waals surface area contributed by atoms with Crippen LogP contribution in [0.4, 0.5) is 10.2 Å². The van der Waals surface area contributed by atoms with E-state index in [1.54, 1.807) is 6.20 Å². The number of H-pyrrole nitrogens is 1. The molecule has 0 spiro atoms. The van der Waals surface area contributed by atoms with E-state index in [0.29, 0.717) is 49.1 Å². The van der Waals surface area contributed by atoms with Crippen molar-refractivity contribution in [3.63, 3.8) is 0 Å². The van der Waals surface area contributed by atoms with Gasteiger partial charge >= 0.3 is 0 Å². The van der Waals surface area contributed by atoms with Crippen LogP contribution in [0.15, 0.2) is 54.7 Å². The van der Waals surface area contributed by atoms with Gasteiger partial charge in [0.25, 0.3) is 5.91 Å². The molecule has 1 saturated heterocycles. The van der Waals surface area contributed by atoms with Crippen molar-refractivity contribution in [2.45, 2.75) is 45.6 Å². The zero-order valence-corrected chi connectivity index (χ0v) is 22.1. The first kappa shape index (κ1) is 24.5. The largest absolute Gasteiger partial charge is 0.487 e. The van der Waals surface area contributed by atoms with Crippen LogP contribution in [0.5, 0.6) is 5.75 Å². The maximum absolute atomic E-state index is 15.6. The molecule has 3 heterocycles.